The van der Waals surface area contributed by atoms with Crippen LogP contribution >= 0.6 is 0 Å². The second-order valence-electron chi connectivity index (χ2n) is 6.96. The van der Waals surface area contributed by atoms with Crippen molar-refractivity contribution in [2.45, 2.75) is 70.2 Å². The molecule has 6 nitrogen and oxygen atoms in total. The van der Waals surface area contributed by atoms with Crippen LogP contribution in [0.1, 0.15) is 52.9 Å². The van der Waals surface area contributed by atoms with E-state index in [2.05, 4.69) is 0 Å². The smallest absolute Gasteiger partial charge is 0.410 e. The van der Waals surface area contributed by atoms with Crippen LogP contribution in [-0.2, 0) is 14.3 Å². The molecule has 0 aromatic carbocycles. The summed E-state index contributed by atoms with van der Waals surface area (Å²) in [6, 6.07) is 0. The average Bonchev–Trinajstić information content (AvgIpc) is 2.31. The first-order valence-corrected chi connectivity index (χ1v) is 7.61. The van der Waals surface area contributed by atoms with Crippen LogP contribution in [0.15, 0.2) is 0 Å². The molecule has 1 atom stereocenters. The lowest BCUT2D eigenvalue weighted by Gasteiger charge is -2.43. The normalized spacial score (nSPS) is 25.1. The number of ether oxygens (including phenoxy) is 2. The number of rotatable bonds is 3. The molecule has 1 aliphatic carbocycles. The predicted octanol–water partition coefficient (Wildman–Crippen LogP) is 2.41. The molecule has 0 radical (unpaired) electrons. The topological polar surface area (TPSA) is 76.1 Å². The number of amides is 1. The average molecular weight is 299 g/mol. The van der Waals surface area contributed by atoms with Gasteiger partial charge in [-0.3, -0.25) is 0 Å². The van der Waals surface area contributed by atoms with Crippen LogP contribution in [0.5, 0.6) is 0 Å². The van der Waals surface area contributed by atoms with E-state index in [4.69, 9.17) is 9.47 Å². The molecule has 0 aromatic heterocycles. The molecule has 2 fully saturated rings. The van der Waals surface area contributed by atoms with Gasteiger partial charge >= 0.3 is 12.1 Å². The zero-order valence-electron chi connectivity index (χ0n) is 13.1. The Hall–Kier alpha value is -1.30. The van der Waals surface area contributed by atoms with Crippen molar-refractivity contribution in [3.05, 3.63) is 0 Å². The maximum Gasteiger partial charge on any atom is 0.410 e. The molecule has 2 rings (SSSR count). The van der Waals surface area contributed by atoms with Gasteiger partial charge in [0.15, 0.2) is 5.60 Å². The van der Waals surface area contributed by atoms with Crippen LogP contribution in [0.25, 0.3) is 0 Å². The number of aliphatic carboxylic acids is 1. The molecular formula is C15H25NO5. The van der Waals surface area contributed by atoms with E-state index in [1.807, 2.05) is 20.8 Å². The fraction of sp³-hybridized carbons (Fsp3) is 0.867. The molecular weight excluding hydrogens is 274 g/mol. The van der Waals surface area contributed by atoms with Crippen molar-refractivity contribution < 1.29 is 24.2 Å². The molecule has 1 heterocycles. The van der Waals surface area contributed by atoms with Gasteiger partial charge in [-0.2, -0.15) is 0 Å². The summed E-state index contributed by atoms with van der Waals surface area (Å²) in [6.07, 6.45) is 3.02. The van der Waals surface area contributed by atoms with E-state index in [1.165, 1.54) is 0 Å². The van der Waals surface area contributed by atoms with E-state index >= 15 is 0 Å². The molecule has 21 heavy (non-hydrogen) atoms. The Labute approximate surface area is 125 Å². The molecule has 2 aliphatic rings. The van der Waals surface area contributed by atoms with Crippen molar-refractivity contribution in [3.63, 3.8) is 0 Å². The molecule has 0 unspecified atom stereocenters. The lowest BCUT2D eigenvalue weighted by molar-refractivity contribution is -0.193. The summed E-state index contributed by atoms with van der Waals surface area (Å²) >= 11 is 0. The Morgan fingerprint density at radius 1 is 1.24 bits per heavy atom. The molecule has 6 heteroatoms. The lowest BCUT2D eigenvalue weighted by atomic mass is 9.79. The summed E-state index contributed by atoms with van der Waals surface area (Å²) in [5.74, 6) is -0.886. The highest BCUT2D eigenvalue weighted by molar-refractivity contribution is 5.78. The second-order valence-corrected chi connectivity index (χ2v) is 6.96. The number of hydrogen-bond acceptors (Lipinski definition) is 4. The van der Waals surface area contributed by atoms with Gasteiger partial charge in [-0.1, -0.05) is 0 Å². The standard InChI is InChI=1S/C15H25NO5/c1-14(2,3)21-13(19)16-9-4-6-11(10-16)20-15(12(17)18)7-5-8-15/h11H,4-10H2,1-3H3,(H,17,18)/t11-/m0/s1. The van der Waals surface area contributed by atoms with Crippen LogP contribution in [-0.4, -0.2) is 52.5 Å². The Balaban J connectivity index is 1.92. The van der Waals surface area contributed by atoms with Gasteiger partial charge in [-0.15, -0.1) is 0 Å². The second kappa shape index (κ2) is 5.83. The first-order chi connectivity index (χ1) is 9.72. The fourth-order valence-corrected chi connectivity index (χ4v) is 2.73. The number of hydrogen-bond donors (Lipinski definition) is 1. The molecule has 1 aliphatic heterocycles. The SMILES string of the molecule is CC(C)(C)OC(=O)N1CCC[C@H](OC2(C(=O)O)CCC2)C1. The van der Waals surface area contributed by atoms with Gasteiger partial charge in [0.2, 0.25) is 0 Å². The van der Waals surface area contributed by atoms with Crippen LogP contribution in [0, 0.1) is 0 Å². The molecule has 0 aromatic rings. The van der Waals surface area contributed by atoms with Crippen molar-refractivity contribution in [3.8, 4) is 0 Å². The van der Waals surface area contributed by atoms with Gasteiger partial charge in [0, 0.05) is 6.54 Å². The number of carboxylic acids is 1. The van der Waals surface area contributed by atoms with Gasteiger partial charge in [0.1, 0.15) is 5.60 Å². The van der Waals surface area contributed by atoms with E-state index in [1.54, 1.807) is 4.90 Å². The Morgan fingerprint density at radius 2 is 1.90 bits per heavy atom. The highest BCUT2D eigenvalue weighted by Crippen LogP contribution is 2.38. The predicted molar refractivity (Wildman–Crippen MR) is 76.1 cm³/mol. The fourth-order valence-electron chi connectivity index (χ4n) is 2.73. The summed E-state index contributed by atoms with van der Waals surface area (Å²) in [5.41, 5.74) is -1.55. The first-order valence-electron chi connectivity index (χ1n) is 7.61. The molecule has 0 bridgehead atoms. The Morgan fingerprint density at radius 3 is 2.38 bits per heavy atom. The summed E-state index contributed by atoms with van der Waals surface area (Å²) in [4.78, 5) is 25.0. The molecule has 0 spiro atoms. The van der Waals surface area contributed by atoms with E-state index in [0.29, 0.717) is 25.9 Å². The minimum Gasteiger partial charge on any atom is -0.479 e. The van der Waals surface area contributed by atoms with E-state index in [-0.39, 0.29) is 12.2 Å². The number of piperidine rings is 1. The van der Waals surface area contributed by atoms with Crippen LogP contribution < -0.4 is 0 Å². The molecule has 1 saturated carbocycles. The van der Waals surface area contributed by atoms with Gasteiger partial charge in [0.25, 0.3) is 0 Å². The Bertz CT molecular complexity index is 411. The maximum atomic E-state index is 12.1. The minimum absolute atomic E-state index is 0.220. The van der Waals surface area contributed by atoms with Crippen LogP contribution in [0.3, 0.4) is 0 Å². The number of carbonyl (C=O) groups is 2. The minimum atomic E-state index is -1.03. The van der Waals surface area contributed by atoms with Crippen LogP contribution in [0.2, 0.25) is 0 Å². The number of carboxylic acid groups (broad SMARTS) is 1. The zero-order valence-corrected chi connectivity index (χ0v) is 13.1. The van der Waals surface area contributed by atoms with Crippen molar-refractivity contribution in [1.82, 2.24) is 4.90 Å². The number of nitrogens with zero attached hydrogens (tertiary/aromatic N) is 1. The van der Waals surface area contributed by atoms with Crippen molar-refractivity contribution in [2.24, 2.45) is 0 Å². The summed E-state index contributed by atoms with van der Waals surface area (Å²) in [5, 5.41) is 9.31. The third kappa shape index (κ3) is 3.87. The van der Waals surface area contributed by atoms with E-state index in [0.717, 1.165) is 19.3 Å². The van der Waals surface area contributed by atoms with Gasteiger partial charge in [-0.25, -0.2) is 9.59 Å². The summed E-state index contributed by atoms with van der Waals surface area (Å²) < 4.78 is 11.2. The van der Waals surface area contributed by atoms with Gasteiger partial charge in [0.05, 0.1) is 12.6 Å². The molecule has 120 valence electrons. The molecule has 1 N–H and O–H groups in total. The van der Waals surface area contributed by atoms with Crippen molar-refractivity contribution in [1.29, 1.82) is 0 Å². The first kappa shape index (κ1) is 16.1. The maximum absolute atomic E-state index is 12.1. The zero-order chi connectivity index (χ0) is 15.7. The van der Waals surface area contributed by atoms with Gasteiger partial charge < -0.3 is 19.5 Å². The monoisotopic (exact) mass is 299 g/mol. The third-order valence-corrected chi connectivity index (χ3v) is 3.97. The summed E-state index contributed by atoms with van der Waals surface area (Å²) in [7, 11) is 0. The van der Waals surface area contributed by atoms with Gasteiger partial charge in [-0.05, 0) is 52.9 Å². The third-order valence-electron chi connectivity index (χ3n) is 3.97. The molecule has 1 amide bonds. The van der Waals surface area contributed by atoms with E-state index in [9.17, 15) is 14.7 Å². The van der Waals surface area contributed by atoms with Crippen molar-refractivity contribution in [2.75, 3.05) is 13.1 Å². The van der Waals surface area contributed by atoms with Crippen LogP contribution in [0.4, 0.5) is 4.79 Å². The highest BCUT2D eigenvalue weighted by Gasteiger charge is 2.48. The number of likely N-dealkylation sites (tertiary alicyclic amines) is 1. The summed E-state index contributed by atoms with van der Waals surface area (Å²) in [6.45, 7) is 6.53. The number of carbonyl (C=O) groups excluding carboxylic acids is 1. The quantitative estimate of drug-likeness (QED) is 0.866. The molecule has 1 saturated heterocycles. The largest absolute Gasteiger partial charge is 0.479 e. The lowest BCUT2D eigenvalue weighted by Crippen LogP contribution is -2.54. The Kier molecular flexibility index (Phi) is 4.46. The van der Waals surface area contributed by atoms with E-state index < -0.39 is 17.2 Å². The highest BCUT2D eigenvalue weighted by atomic mass is 16.6. The van der Waals surface area contributed by atoms with Crippen molar-refractivity contribution >= 4 is 12.1 Å².